The second kappa shape index (κ2) is 5.85. The van der Waals surface area contributed by atoms with E-state index in [0.29, 0.717) is 0 Å². The van der Waals surface area contributed by atoms with Gasteiger partial charge in [-0.05, 0) is 31.2 Å². The molecule has 0 radical (unpaired) electrons. The Balaban J connectivity index is 2.02. The third-order valence-electron chi connectivity index (χ3n) is 4.19. The molecule has 1 heterocycles. The van der Waals surface area contributed by atoms with E-state index in [4.69, 9.17) is 9.72 Å². The van der Waals surface area contributed by atoms with Gasteiger partial charge in [0.25, 0.3) is 0 Å². The van der Waals surface area contributed by atoms with E-state index in [2.05, 4.69) is 54.0 Å². The average molecular weight is 314 g/mol. The second-order valence-electron chi connectivity index (χ2n) is 5.83. The molecule has 4 aromatic rings. The molecule has 0 bridgehead atoms. The summed E-state index contributed by atoms with van der Waals surface area (Å²) in [4.78, 5) is 4.87. The third-order valence-corrected chi connectivity index (χ3v) is 4.19. The lowest BCUT2D eigenvalue weighted by Gasteiger charge is -2.10. The molecule has 3 aromatic carbocycles. The van der Waals surface area contributed by atoms with Crippen molar-refractivity contribution >= 4 is 11.0 Å². The Morgan fingerprint density at radius 2 is 1.62 bits per heavy atom. The van der Waals surface area contributed by atoms with Crippen molar-refractivity contribution in [2.75, 3.05) is 7.11 Å². The maximum Gasteiger partial charge on any atom is 0.145 e. The number of methoxy groups -OCH3 is 1. The molecule has 4 rings (SSSR count). The highest BCUT2D eigenvalue weighted by molar-refractivity contribution is 5.84. The van der Waals surface area contributed by atoms with Gasteiger partial charge in [-0.25, -0.2) is 4.98 Å². The minimum absolute atomic E-state index is 0.815. The van der Waals surface area contributed by atoms with Gasteiger partial charge in [0.05, 0.1) is 18.1 Å². The molecule has 24 heavy (non-hydrogen) atoms. The topological polar surface area (TPSA) is 27.1 Å². The molecule has 0 fully saturated rings. The van der Waals surface area contributed by atoms with Crippen LogP contribution in [0.15, 0.2) is 72.8 Å². The molecule has 3 nitrogen and oxygen atoms in total. The summed E-state index contributed by atoms with van der Waals surface area (Å²) in [5, 5.41) is 0. The van der Waals surface area contributed by atoms with E-state index in [1.54, 1.807) is 7.11 Å². The number of ether oxygens (including phenoxy) is 1. The van der Waals surface area contributed by atoms with Crippen LogP contribution in [0.4, 0.5) is 0 Å². The number of hydrogen-bond donors (Lipinski definition) is 0. The standard InChI is InChI=1S/C21H18N2O/c1-15-8-10-17(11-9-15)23-20-13-12-18(24-2)14-19(20)22-21(23)16-6-4-3-5-7-16/h3-14H,1-2H3. The number of imidazole rings is 1. The molecule has 0 saturated carbocycles. The van der Waals surface area contributed by atoms with Crippen LogP contribution in [-0.2, 0) is 0 Å². The van der Waals surface area contributed by atoms with E-state index < -0.39 is 0 Å². The molecule has 0 aliphatic heterocycles. The van der Waals surface area contributed by atoms with E-state index in [1.807, 2.05) is 30.3 Å². The SMILES string of the molecule is COc1ccc2c(c1)nc(-c1ccccc1)n2-c1ccc(C)cc1. The van der Waals surface area contributed by atoms with E-state index >= 15 is 0 Å². The zero-order valence-electron chi connectivity index (χ0n) is 13.7. The molecule has 3 heteroatoms. The van der Waals surface area contributed by atoms with Crippen molar-refractivity contribution < 1.29 is 4.74 Å². The predicted octanol–water partition coefficient (Wildman–Crippen LogP) is 5.01. The fourth-order valence-corrected chi connectivity index (χ4v) is 2.92. The Labute approximate surface area is 141 Å². The monoisotopic (exact) mass is 314 g/mol. The Bertz CT molecular complexity index is 986. The summed E-state index contributed by atoms with van der Waals surface area (Å²) < 4.78 is 7.55. The number of fused-ring (bicyclic) bond motifs is 1. The summed E-state index contributed by atoms with van der Waals surface area (Å²) in [5.41, 5.74) is 5.43. The number of aromatic nitrogens is 2. The van der Waals surface area contributed by atoms with Gasteiger partial charge in [-0.15, -0.1) is 0 Å². The van der Waals surface area contributed by atoms with Crippen LogP contribution in [0.25, 0.3) is 28.1 Å². The van der Waals surface area contributed by atoms with Crippen LogP contribution in [0.2, 0.25) is 0 Å². The lowest BCUT2D eigenvalue weighted by atomic mass is 10.2. The molecular formula is C21H18N2O. The predicted molar refractivity (Wildman–Crippen MR) is 97.8 cm³/mol. The zero-order chi connectivity index (χ0) is 16.5. The van der Waals surface area contributed by atoms with Crippen LogP contribution in [-0.4, -0.2) is 16.7 Å². The number of benzene rings is 3. The highest BCUT2D eigenvalue weighted by atomic mass is 16.5. The first kappa shape index (κ1) is 14.5. The molecule has 0 spiro atoms. The Kier molecular flexibility index (Phi) is 3.54. The minimum Gasteiger partial charge on any atom is -0.497 e. The Hall–Kier alpha value is -3.07. The molecule has 0 amide bonds. The van der Waals surface area contributed by atoms with Crippen molar-refractivity contribution in [1.82, 2.24) is 9.55 Å². The fourth-order valence-electron chi connectivity index (χ4n) is 2.92. The molecule has 0 aliphatic rings. The zero-order valence-corrected chi connectivity index (χ0v) is 13.7. The molecule has 1 aromatic heterocycles. The van der Waals surface area contributed by atoms with Gasteiger partial charge in [0.2, 0.25) is 0 Å². The van der Waals surface area contributed by atoms with Crippen LogP contribution in [0.3, 0.4) is 0 Å². The van der Waals surface area contributed by atoms with Gasteiger partial charge in [0.1, 0.15) is 11.6 Å². The lowest BCUT2D eigenvalue weighted by Crippen LogP contribution is -1.97. The van der Waals surface area contributed by atoms with Gasteiger partial charge in [-0.1, -0.05) is 48.0 Å². The first-order valence-corrected chi connectivity index (χ1v) is 7.95. The van der Waals surface area contributed by atoms with Gasteiger partial charge in [0, 0.05) is 17.3 Å². The Morgan fingerprint density at radius 3 is 2.33 bits per heavy atom. The summed E-state index contributed by atoms with van der Waals surface area (Å²) in [6.07, 6.45) is 0. The molecule has 0 atom stereocenters. The maximum atomic E-state index is 5.35. The van der Waals surface area contributed by atoms with Crippen LogP contribution in [0, 0.1) is 6.92 Å². The molecular weight excluding hydrogens is 296 g/mol. The normalized spacial score (nSPS) is 10.9. The van der Waals surface area contributed by atoms with Gasteiger partial charge >= 0.3 is 0 Å². The molecule has 0 unspecified atom stereocenters. The summed E-state index contributed by atoms with van der Waals surface area (Å²) >= 11 is 0. The number of rotatable bonds is 3. The second-order valence-corrected chi connectivity index (χ2v) is 5.83. The lowest BCUT2D eigenvalue weighted by molar-refractivity contribution is 0.415. The fraction of sp³-hybridized carbons (Fsp3) is 0.0952. The average Bonchev–Trinajstić information content (AvgIpc) is 3.01. The quantitative estimate of drug-likeness (QED) is 0.531. The summed E-state index contributed by atoms with van der Waals surface area (Å²) in [5.74, 6) is 1.75. The highest BCUT2D eigenvalue weighted by Crippen LogP contribution is 2.30. The first-order valence-electron chi connectivity index (χ1n) is 7.95. The summed E-state index contributed by atoms with van der Waals surface area (Å²) in [6.45, 7) is 2.10. The molecule has 0 saturated heterocycles. The van der Waals surface area contributed by atoms with Crippen molar-refractivity contribution in [2.24, 2.45) is 0 Å². The maximum absolute atomic E-state index is 5.35. The number of nitrogens with zero attached hydrogens (tertiary/aromatic N) is 2. The number of hydrogen-bond acceptors (Lipinski definition) is 2. The van der Waals surface area contributed by atoms with Crippen LogP contribution >= 0.6 is 0 Å². The van der Waals surface area contributed by atoms with Crippen LogP contribution in [0.1, 0.15) is 5.56 Å². The molecule has 0 aliphatic carbocycles. The van der Waals surface area contributed by atoms with Gasteiger partial charge in [0.15, 0.2) is 0 Å². The largest absolute Gasteiger partial charge is 0.497 e. The summed E-state index contributed by atoms with van der Waals surface area (Å²) in [7, 11) is 1.68. The third kappa shape index (κ3) is 2.44. The molecule has 118 valence electrons. The Morgan fingerprint density at radius 1 is 0.875 bits per heavy atom. The first-order chi connectivity index (χ1) is 11.8. The van der Waals surface area contributed by atoms with Crippen LogP contribution < -0.4 is 4.74 Å². The minimum atomic E-state index is 0.815. The van der Waals surface area contributed by atoms with Gasteiger partial charge < -0.3 is 4.74 Å². The van der Waals surface area contributed by atoms with Crippen molar-refractivity contribution in [3.05, 3.63) is 78.4 Å². The van der Waals surface area contributed by atoms with Crippen molar-refractivity contribution in [3.63, 3.8) is 0 Å². The highest BCUT2D eigenvalue weighted by Gasteiger charge is 2.14. The number of aryl methyl sites for hydroxylation is 1. The summed E-state index contributed by atoms with van der Waals surface area (Å²) in [6, 6.07) is 24.8. The van der Waals surface area contributed by atoms with Gasteiger partial charge in [-0.2, -0.15) is 0 Å². The van der Waals surface area contributed by atoms with Crippen molar-refractivity contribution in [3.8, 4) is 22.8 Å². The smallest absolute Gasteiger partial charge is 0.145 e. The van der Waals surface area contributed by atoms with Crippen molar-refractivity contribution in [1.29, 1.82) is 0 Å². The van der Waals surface area contributed by atoms with Gasteiger partial charge in [-0.3, -0.25) is 4.57 Å². The van der Waals surface area contributed by atoms with E-state index in [9.17, 15) is 0 Å². The van der Waals surface area contributed by atoms with E-state index in [0.717, 1.165) is 33.9 Å². The van der Waals surface area contributed by atoms with Crippen molar-refractivity contribution in [2.45, 2.75) is 6.92 Å². The van der Waals surface area contributed by atoms with E-state index in [1.165, 1.54) is 5.56 Å². The van der Waals surface area contributed by atoms with Crippen LogP contribution in [0.5, 0.6) is 5.75 Å². The van der Waals surface area contributed by atoms with E-state index in [-0.39, 0.29) is 0 Å². The molecule has 0 N–H and O–H groups in total.